The van der Waals surface area contributed by atoms with Crippen LogP contribution in [-0.4, -0.2) is 37.6 Å². The van der Waals surface area contributed by atoms with Crippen LogP contribution in [0.5, 0.6) is 0 Å². The van der Waals surface area contributed by atoms with Gasteiger partial charge in [0.25, 0.3) is 0 Å². The van der Waals surface area contributed by atoms with E-state index < -0.39 is 0 Å². The van der Waals surface area contributed by atoms with Crippen LogP contribution in [0.1, 0.15) is 26.3 Å². The quantitative estimate of drug-likeness (QED) is 0.837. The Hall–Kier alpha value is -1.61. The van der Waals surface area contributed by atoms with Crippen molar-refractivity contribution in [3.05, 3.63) is 41.5 Å². The minimum absolute atomic E-state index is 0. The zero-order valence-electron chi connectivity index (χ0n) is 11.0. The molecule has 1 aliphatic rings. The first-order chi connectivity index (χ1) is 8.72. The largest absolute Gasteiger partial charge is 0.380 e. The van der Waals surface area contributed by atoms with Gasteiger partial charge in [-0.2, -0.15) is 0 Å². The number of carbonyl (C=O) groups is 1. The maximum Gasteiger partial charge on any atom is 0.219 e. The van der Waals surface area contributed by atoms with Crippen molar-refractivity contribution in [1.29, 1.82) is 0 Å². The predicted molar refractivity (Wildman–Crippen MR) is 78.8 cm³/mol. The lowest BCUT2D eigenvalue weighted by molar-refractivity contribution is -0.128. The van der Waals surface area contributed by atoms with Gasteiger partial charge >= 0.3 is 0 Å². The Bertz CT molecular complexity index is 451. The van der Waals surface area contributed by atoms with Crippen LogP contribution in [-0.2, 0) is 9.53 Å². The van der Waals surface area contributed by atoms with Crippen LogP contribution >= 0.6 is 0 Å². The summed E-state index contributed by atoms with van der Waals surface area (Å²) in [4.78, 5) is 13.3. The van der Waals surface area contributed by atoms with E-state index in [-0.39, 0.29) is 13.3 Å². The van der Waals surface area contributed by atoms with Crippen molar-refractivity contribution in [2.24, 2.45) is 0 Å². The fourth-order valence-electron chi connectivity index (χ4n) is 2.39. The van der Waals surface area contributed by atoms with Crippen LogP contribution in [0.4, 0.5) is 0 Å². The molecule has 0 saturated heterocycles. The molecule has 0 N–H and O–H groups in total. The maximum absolute atomic E-state index is 11.5. The third-order valence-electron chi connectivity index (χ3n) is 3.33. The number of methoxy groups -OCH3 is 1. The lowest BCUT2D eigenvalue weighted by atomic mass is 9.93. The first-order valence-electron chi connectivity index (χ1n) is 6.23. The average molecular weight is 261 g/mol. The summed E-state index contributed by atoms with van der Waals surface area (Å²) in [6.45, 7) is 3.70. The second kappa shape index (κ2) is 7.10. The Morgan fingerprint density at radius 1 is 1.32 bits per heavy atom. The fourth-order valence-corrected chi connectivity index (χ4v) is 2.39. The Kier molecular flexibility index (Phi) is 5.77. The molecule has 0 spiro atoms. The molecule has 0 aliphatic carbocycles. The van der Waals surface area contributed by atoms with Crippen molar-refractivity contribution in [1.82, 2.24) is 4.90 Å². The number of nitrogens with zero attached hydrogens (tertiary/aromatic N) is 1. The van der Waals surface area contributed by atoms with Gasteiger partial charge in [-0.3, -0.25) is 4.79 Å². The molecule has 3 nitrogen and oxygen atoms in total. The van der Waals surface area contributed by atoms with Crippen LogP contribution < -0.4 is 0 Å². The van der Waals surface area contributed by atoms with E-state index >= 15 is 0 Å². The predicted octanol–water partition coefficient (Wildman–Crippen LogP) is 2.97. The Balaban J connectivity index is 0.00000180. The summed E-state index contributed by atoms with van der Waals surface area (Å²) in [5.41, 5.74) is 3.79. The van der Waals surface area contributed by atoms with E-state index in [1.807, 2.05) is 23.1 Å². The van der Waals surface area contributed by atoms with Crippen LogP contribution in [0.3, 0.4) is 0 Å². The molecule has 0 unspecified atom stereocenters. The molecule has 1 amide bonds. The molecule has 0 radical (unpaired) electrons. The Morgan fingerprint density at radius 3 is 2.58 bits per heavy atom. The summed E-state index contributed by atoms with van der Waals surface area (Å²) >= 11 is 0. The minimum Gasteiger partial charge on any atom is -0.380 e. The molecule has 3 heteroatoms. The second-order valence-electron chi connectivity index (χ2n) is 4.57. The van der Waals surface area contributed by atoms with Gasteiger partial charge in [0.1, 0.15) is 0 Å². The van der Waals surface area contributed by atoms with E-state index in [4.69, 9.17) is 4.74 Å². The van der Waals surface area contributed by atoms with Gasteiger partial charge in [-0.1, -0.05) is 37.8 Å². The summed E-state index contributed by atoms with van der Waals surface area (Å²) in [6, 6.07) is 10.3. The third kappa shape index (κ3) is 3.67. The van der Waals surface area contributed by atoms with Gasteiger partial charge in [0.15, 0.2) is 0 Å². The van der Waals surface area contributed by atoms with E-state index in [0.29, 0.717) is 13.2 Å². The van der Waals surface area contributed by atoms with Crippen molar-refractivity contribution in [2.45, 2.75) is 20.8 Å². The van der Waals surface area contributed by atoms with Gasteiger partial charge in [-0.25, -0.2) is 0 Å². The molecule has 1 heterocycles. The van der Waals surface area contributed by atoms with E-state index in [1.165, 1.54) is 16.7 Å². The molecular weight excluding hydrogens is 238 g/mol. The lowest BCUT2D eigenvalue weighted by Gasteiger charge is -2.30. The van der Waals surface area contributed by atoms with E-state index in [2.05, 4.69) is 12.1 Å². The number of hydrogen-bond acceptors (Lipinski definition) is 2. The molecule has 0 fully saturated rings. The number of benzene rings is 1. The highest BCUT2D eigenvalue weighted by Crippen LogP contribution is 2.27. The summed E-state index contributed by atoms with van der Waals surface area (Å²) in [5.74, 6) is 0.135. The summed E-state index contributed by atoms with van der Waals surface area (Å²) in [7, 11) is 1.70. The number of ether oxygens (including phenoxy) is 1. The van der Waals surface area contributed by atoms with Gasteiger partial charge in [0, 0.05) is 27.1 Å². The highest BCUT2D eigenvalue weighted by molar-refractivity contribution is 5.77. The standard InChI is InChI=1S/C15H19NO2.CH4/c1-12(17)16-9-8-15(14(10-16)11-18-2)13-6-4-3-5-7-13;/h3-7H,8-11H2,1-2H3;1H4. The van der Waals surface area contributed by atoms with Crippen LogP contribution in [0.2, 0.25) is 0 Å². The monoisotopic (exact) mass is 261 g/mol. The van der Waals surface area contributed by atoms with Gasteiger partial charge in [-0.05, 0) is 23.1 Å². The molecule has 0 bridgehead atoms. The smallest absolute Gasteiger partial charge is 0.219 e. The summed E-state index contributed by atoms with van der Waals surface area (Å²) < 4.78 is 5.27. The SMILES string of the molecule is C.COCC1=C(c2ccccc2)CCN(C(C)=O)C1. The molecule has 0 saturated carbocycles. The zero-order chi connectivity index (χ0) is 13.0. The van der Waals surface area contributed by atoms with Gasteiger partial charge < -0.3 is 9.64 Å². The Morgan fingerprint density at radius 2 is 2.00 bits per heavy atom. The van der Waals surface area contributed by atoms with Crippen molar-refractivity contribution < 1.29 is 9.53 Å². The molecule has 1 aliphatic heterocycles. The minimum atomic E-state index is 0. The fraction of sp³-hybridized carbons (Fsp3) is 0.438. The Labute approximate surface area is 115 Å². The number of amides is 1. The number of carbonyl (C=O) groups excluding carboxylic acids is 1. The highest BCUT2D eigenvalue weighted by Gasteiger charge is 2.21. The molecule has 0 aromatic heterocycles. The average Bonchev–Trinajstić information content (AvgIpc) is 2.40. The second-order valence-corrected chi connectivity index (χ2v) is 4.57. The molecule has 1 aromatic rings. The normalized spacial score (nSPS) is 15.2. The molecule has 0 atom stereocenters. The van der Waals surface area contributed by atoms with Crippen LogP contribution in [0, 0.1) is 0 Å². The summed E-state index contributed by atoms with van der Waals surface area (Å²) in [5, 5.41) is 0. The first kappa shape index (κ1) is 15.4. The molecule has 104 valence electrons. The van der Waals surface area contributed by atoms with Crippen molar-refractivity contribution in [3.63, 3.8) is 0 Å². The third-order valence-corrected chi connectivity index (χ3v) is 3.33. The lowest BCUT2D eigenvalue weighted by Crippen LogP contribution is -2.36. The maximum atomic E-state index is 11.5. The molecular formula is C16H23NO2. The van der Waals surface area contributed by atoms with Gasteiger partial charge in [0.05, 0.1) is 6.61 Å². The van der Waals surface area contributed by atoms with Crippen LogP contribution in [0.25, 0.3) is 5.57 Å². The topological polar surface area (TPSA) is 29.5 Å². The zero-order valence-corrected chi connectivity index (χ0v) is 11.0. The van der Waals surface area contributed by atoms with Gasteiger partial charge in [0.2, 0.25) is 5.91 Å². The summed E-state index contributed by atoms with van der Waals surface area (Å²) in [6.07, 6.45) is 0.905. The highest BCUT2D eigenvalue weighted by atomic mass is 16.5. The number of rotatable bonds is 3. The van der Waals surface area contributed by atoms with Gasteiger partial charge in [-0.15, -0.1) is 0 Å². The molecule has 19 heavy (non-hydrogen) atoms. The van der Waals surface area contributed by atoms with Crippen molar-refractivity contribution in [2.75, 3.05) is 26.8 Å². The van der Waals surface area contributed by atoms with E-state index in [0.717, 1.165) is 13.0 Å². The molecule has 2 rings (SSSR count). The molecule has 1 aromatic carbocycles. The first-order valence-corrected chi connectivity index (χ1v) is 6.23. The van der Waals surface area contributed by atoms with Crippen molar-refractivity contribution in [3.8, 4) is 0 Å². The van der Waals surface area contributed by atoms with E-state index in [1.54, 1.807) is 14.0 Å². The van der Waals surface area contributed by atoms with Crippen molar-refractivity contribution >= 4 is 11.5 Å². The number of hydrogen-bond donors (Lipinski definition) is 0. The van der Waals surface area contributed by atoms with Crippen LogP contribution in [0.15, 0.2) is 35.9 Å². The van der Waals surface area contributed by atoms with E-state index in [9.17, 15) is 4.79 Å².